The van der Waals surface area contributed by atoms with Crippen molar-refractivity contribution in [2.24, 2.45) is 11.7 Å². The Morgan fingerprint density at radius 3 is 2.71 bits per heavy atom. The normalized spacial score (nSPS) is 15.1. The minimum absolute atomic E-state index is 0.0404. The van der Waals surface area contributed by atoms with Gasteiger partial charge in [-0.25, -0.2) is 4.98 Å². The first-order chi connectivity index (χ1) is 8.11. The second kappa shape index (κ2) is 5.02. The van der Waals surface area contributed by atoms with E-state index in [-0.39, 0.29) is 6.04 Å². The van der Waals surface area contributed by atoms with Crippen LogP contribution in [-0.4, -0.2) is 9.55 Å². The standard InChI is InChI=1S/C13H19N3S/c1-9(2)13(14)12-6-15-8-16(12)10(3)11-4-5-17-7-11/h4-10,13H,14H2,1-3H3. The molecule has 2 aromatic rings. The highest BCUT2D eigenvalue weighted by Crippen LogP contribution is 2.26. The average molecular weight is 249 g/mol. The van der Waals surface area contributed by atoms with E-state index in [1.165, 1.54) is 5.56 Å². The Morgan fingerprint density at radius 1 is 1.35 bits per heavy atom. The molecule has 0 aliphatic rings. The van der Waals surface area contributed by atoms with Crippen LogP contribution in [0.15, 0.2) is 29.4 Å². The third-order valence-corrected chi connectivity index (χ3v) is 3.90. The minimum Gasteiger partial charge on any atom is -0.326 e. The van der Waals surface area contributed by atoms with Crippen molar-refractivity contribution in [3.05, 3.63) is 40.6 Å². The molecular weight excluding hydrogens is 230 g/mol. The van der Waals surface area contributed by atoms with Gasteiger partial charge in [-0.15, -0.1) is 0 Å². The van der Waals surface area contributed by atoms with Crippen LogP contribution in [0.1, 0.15) is 44.1 Å². The fourth-order valence-electron chi connectivity index (χ4n) is 1.91. The van der Waals surface area contributed by atoms with Crippen LogP contribution in [0.5, 0.6) is 0 Å². The fraction of sp³-hybridized carbons (Fsp3) is 0.462. The molecule has 0 amide bonds. The van der Waals surface area contributed by atoms with Crippen molar-refractivity contribution in [3.63, 3.8) is 0 Å². The summed E-state index contributed by atoms with van der Waals surface area (Å²) in [5, 5.41) is 4.28. The van der Waals surface area contributed by atoms with Gasteiger partial charge in [-0.1, -0.05) is 13.8 Å². The Balaban J connectivity index is 2.31. The lowest BCUT2D eigenvalue weighted by Crippen LogP contribution is -2.22. The van der Waals surface area contributed by atoms with Gasteiger partial charge < -0.3 is 10.3 Å². The lowest BCUT2D eigenvalue weighted by atomic mass is 10.0. The number of hydrogen-bond donors (Lipinski definition) is 1. The van der Waals surface area contributed by atoms with Gasteiger partial charge in [-0.05, 0) is 35.2 Å². The maximum absolute atomic E-state index is 6.22. The van der Waals surface area contributed by atoms with Crippen molar-refractivity contribution < 1.29 is 0 Å². The van der Waals surface area contributed by atoms with Crippen LogP contribution < -0.4 is 5.73 Å². The van der Waals surface area contributed by atoms with Gasteiger partial charge >= 0.3 is 0 Å². The van der Waals surface area contributed by atoms with Gasteiger partial charge in [0.1, 0.15) is 0 Å². The Morgan fingerprint density at radius 2 is 2.12 bits per heavy atom. The van der Waals surface area contributed by atoms with Crippen LogP contribution >= 0.6 is 11.3 Å². The molecule has 2 aromatic heterocycles. The molecule has 92 valence electrons. The minimum atomic E-state index is 0.0404. The topological polar surface area (TPSA) is 43.8 Å². The van der Waals surface area contributed by atoms with E-state index in [0.29, 0.717) is 12.0 Å². The van der Waals surface area contributed by atoms with Gasteiger partial charge in [0.2, 0.25) is 0 Å². The molecule has 0 aromatic carbocycles. The molecule has 2 atom stereocenters. The zero-order valence-corrected chi connectivity index (χ0v) is 11.3. The van der Waals surface area contributed by atoms with Crippen molar-refractivity contribution in [2.75, 3.05) is 0 Å². The average Bonchev–Trinajstić information content (AvgIpc) is 2.97. The van der Waals surface area contributed by atoms with Gasteiger partial charge in [0.05, 0.1) is 18.1 Å². The fourth-order valence-corrected chi connectivity index (χ4v) is 2.66. The highest BCUT2D eigenvalue weighted by atomic mass is 32.1. The number of nitrogens with zero attached hydrogens (tertiary/aromatic N) is 2. The van der Waals surface area contributed by atoms with Crippen LogP contribution in [-0.2, 0) is 0 Å². The maximum Gasteiger partial charge on any atom is 0.0954 e. The Labute approximate surface area is 106 Å². The summed E-state index contributed by atoms with van der Waals surface area (Å²) in [6, 6.07) is 2.49. The lowest BCUT2D eigenvalue weighted by molar-refractivity contribution is 0.468. The van der Waals surface area contributed by atoms with Gasteiger partial charge in [-0.2, -0.15) is 11.3 Å². The molecule has 0 bridgehead atoms. The first-order valence-corrected chi connectivity index (χ1v) is 6.85. The summed E-state index contributed by atoms with van der Waals surface area (Å²) in [4.78, 5) is 4.24. The van der Waals surface area contributed by atoms with Crippen molar-refractivity contribution in [1.29, 1.82) is 0 Å². The van der Waals surface area contributed by atoms with E-state index >= 15 is 0 Å². The largest absolute Gasteiger partial charge is 0.326 e. The Kier molecular flexibility index (Phi) is 3.64. The molecule has 0 fully saturated rings. The van der Waals surface area contributed by atoms with Crippen molar-refractivity contribution in [3.8, 4) is 0 Å². The monoisotopic (exact) mass is 249 g/mol. The van der Waals surface area contributed by atoms with Gasteiger partial charge in [0.15, 0.2) is 0 Å². The molecule has 17 heavy (non-hydrogen) atoms. The molecule has 0 spiro atoms. The maximum atomic E-state index is 6.22. The molecule has 0 aliphatic carbocycles. The van der Waals surface area contributed by atoms with Gasteiger partial charge in [0.25, 0.3) is 0 Å². The van der Waals surface area contributed by atoms with Crippen LogP contribution in [0.25, 0.3) is 0 Å². The second-order valence-electron chi connectivity index (χ2n) is 4.73. The Bertz CT molecular complexity index is 459. The number of imidazole rings is 1. The van der Waals surface area contributed by atoms with Crippen molar-refractivity contribution in [1.82, 2.24) is 9.55 Å². The summed E-state index contributed by atoms with van der Waals surface area (Å²) in [5.41, 5.74) is 8.64. The number of aromatic nitrogens is 2. The summed E-state index contributed by atoms with van der Waals surface area (Å²) in [6.07, 6.45) is 3.76. The molecule has 0 saturated carbocycles. The molecule has 0 aliphatic heterocycles. The number of rotatable bonds is 4. The van der Waals surface area contributed by atoms with E-state index < -0.39 is 0 Å². The Hall–Kier alpha value is -1.13. The van der Waals surface area contributed by atoms with Crippen LogP contribution in [0, 0.1) is 5.92 Å². The number of thiophene rings is 1. The molecule has 3 nitrogen and oxygen atoms in total. The van der Waals surface area contributed by atoms with Gasteiger partial charge in [0, 0.05) is 12.2 Å². The summed E-state index contributed by atoms with van der Waals surface area (Å²) < 4.78 is 2.17. The summed E-state index contributed by atoms with van der Waals surface area (Å²) >= 11 is 1.72. The summed E-state index contributed by atoms with van der Waals surface area (Å²) in [7, 11) is 0. The smallest absolute Gasteiger partial charge is 0.0954 e. The zero-order chi connectivity index (χ0) is 12.4. The van der Waals surface area contributed by atoms with E-state index in [9.17, 15) is 0 Å². The molecule has 4 heteroatoms. The molecule has 2 N–H and O–H groups in total. The summed E-state index contributed by atoms with van der Waals surface area (Å²) in [6.45, 7) is 6.45. The highest BCUT2D eigenvalue weighted by molar-refractivity contribution is 7.07. The first-order valence-electron chi connectivity index (χ1n) is 5.90. The molecule has 2 heterocycles. The zero-order valence-electron chi connectivity index (χ0n) is 10.5. The van der Waals surface area contributed by atoms with E-state index in [1.807, 2.05) is 12.5 Å². The van der Waals surface area contributed by atoms with Crippen molar-refractivity contribution in [2.45, 2.75) is 32.9 Å². The van der Waals surface area contributed by atoms with E-state index in [4.69, 9.17) is 5.73 Å². The number of hydrogen-bond acceptors (Lipinski definition) is 3. The third kappa shape index (κ3) is 2.42. The van der Waals surface area contributed by atoms with Crippen molar-refractivity contribution >= 4 is 11.3 Å². The molecule has 2 rings (SSSR count). The van der Waals surface area contributed by atoms with Crippen LogP contribution in [0.2, 0.25) is 0 Å². The second-order valence-corrected chi connectivity index (χ2v) is 5.51. The molecular formula is C13H19N3S. The lowest BCUT2D eigenvalue weighted by Gasteiger charge is -2.21. The molecule has 0 saturated heterocycles. The van der Waals surface area contributed by atoms with Gasteiger partial charge in [-0.3, -0.25) is 0 Å². The van der Waals surface area contributed by atoms with Crippen LogP contribution in [0.3, 0.4) is 0 Å². The predicted octanol–water partition coefficient (Wildman–Crippen LogP) is 3.21. The SMILES string of the molecule is CC(C)C(N)c1cncn1C(C)c1ccsc1. The van der Waals surface area contributed by atoms with E-state index in [1.54, 1.807) is 11.3 Å². The summed E-state index contributed by atoms with van der Waals surface area (Å²) in [5.74, 6) is 0.417. The predicted molar refractivity (Wildman–Crippen MR) is 72.1 cm³/mol. The van der Waals surface area contributed by atoms with E-state index in [2.05, 4.69) is 47.1 Å². The number of nitrogens with two attached hydrogens (primary N) is 1. The quantitative estimate of drug-likeness (QED) is 0.904. The third-order valence-electron chi connectivity index (χ3n) is 3.20. The molecule has 0 radical (unpaired) electrons. The first kappa shape index (κ1) is 12.3. The van der Waals surface area contributed by atoms with Crippen LogP contribution in [0.4, 0.5) is 0 Å². The highest BCUT2D eigenvalue weighted by Gasteiger charge is 2.18. The molecule has 2 unspecified atom stereocenters. The van der Waals surface area contributed by atoms with E-state index in [0.717, 1.165) is 5.69 Å².